The normalized spacial score (nSPS) is 17.1. The zero-order chi connectivity index (χ0) is 13.0. The average Bonchev–Trinajstić information content (AvgIpc) is 2.31. The second kappa shape index (κ2) is 6.89. The molecule has 0 radical (unpaired) electrons. The number of hydrogen-bond donors (Lipinski definition) is 0. The Kier molecular flexibility index (Phi) is 5.48. The minimum absolute atomic E-state index is 0.169. The highest BCUT2D eigenvalue weighted by atomic mass is 127. The molecule has 1 aliphatic heterocycles. The van der Waals surface area contributed by atoms with Crippen LogP contribution < -0.4 is 0 Å². The van der Waals surface area contributed by atoms with Crippen LogP contribution in [0.2, 0.25) is 0 Å². The number of nitrogens with zero attached hydrogens (tertiary/aromatic N) is 1. The summed E-state index contributed by atoms with van der Waals surface area (Å²) in [6.45, 7) is 1.80. The lowest BCUT2D eigenvalue weighted by atomic mass is 10.1. The molecule has 2 nitrogen and oxygen atoms in total. The molecule has 1 heterocycles. The molecular weight excluding hydrogens is 405 g/mol. The minimum Gasteiger partial charge on any atom is -0.339 e. The van der Waals surface area contributed by atoms with Gasteiger partial charge in [-0.1, -0.05) is 19.3 Å². The van der Waals surface area contributed by atoms with Gasteiger partial charge in [-0.3, -0.25) is 4.79 Å². The van der Waals surface area contributed by atoms with E-state index in [1.54, 1.807) is 0 Å². The second-order valence-corrected chi connectivity index (χ2v) is 6.78. The number of hydrogen-bond acceptors (Lipinski definition) is 1. The van der Waals surface area contributed by atoms with E-state index in [9.17, 15) is 4.79 Å². The molecule has 4 heteroatoms. The molecule has 1 aliphatic rings. The number of halogens is 2. The highest BCUT2D eigenvalue weighted by Crippen LogP contribution is 2.22. The zero-order valence-electron chi connectivity index (χ0n) is 10.3. The summed E-state index contributed by atoms with van der Waals surface area (Å²) in [6.07, 6.45) is 6.07. The molecule has 0 spiro atoms. The third-order valence-electron chi connectivity index (χ3n) is 3.30. The van der Waals surface area contributed by atoms with Crippen LogP contribution in [0.4, 0.5) is 0 Å². The van der Waals surface area contributed by atoms with Crippen molar-refractivity contribution in [2.24, 2.45) is 0 Å². The summed E-state index contributed by atoms with van der Waals surface area (Å²) in [4.78, 5) is 14.5. The van der Waals surface area contributed by atoms with Crippen molar-refractivity contribution in [2.45, 2.75) is 32.1 Å². The van der Waals surface area contributed by atoms with Crippen molar-refractivity contribution < 1.29 is 4.79 Å². The first-order chi connectivity index (χ1) is 8.68. The summed E-state index contributed by atoms with van der Waals surface area (Å²) in [5.41, 5.74) is 0.794. The lowest BCUT2D eigenvalue weighted by Gasteiger charge is -2.25. The summed E-state index contributed by atoms with van der Waals surface area (Å²) in [6, 6.07) is 5.93. The first-order valence-corrected chi connectivity index (χ1v) is 8.30. The topological polar surface area (TPSA) is 20.3 Å². The Hall–Kier alpha value is -0.100. The third-order valence-corrected chi connectivity index (χ3v) is 4.66. The van der Waals surface area contributed by atoms with Crippen molar-refractivity contribution in [3.63, 3.8) is 0 Å². The molecule has 0 aliphatic carbocycles. The van der Waals surface area contributed by atoms with Gasteiger partial charge in [0, 0.05) is 21.1 Å². The molecule has 1 fully saturated rings. The Morgan fingerprint density at radius 1 is 1.11 bits per heavy atom. The third kappa shape index (κ3) is 3.70. The summed E-state index contributed by atoms with van der Waals surface area (Å²) in [7, 11) is 0. The van der Waals surface area contributed by atoms with Crippen LogP contribution in [-0.4, -0.2) is 23.9 Å². The highest BCUT2D eigenvalue weighted by molar-refractivity contribution is 14.1. The molecule has 1 amide bonds. The molecule has 0 saturated carbocycles. The fraction of sp³-hybridized carbons (Fsp3) is 0.500. The van der Waals surface area contributed by atoms with Gasteiger partial charge in [0.25, 0.3) is 5.91 Å². The SMILES string of the molecule is O=C(c1cc(I)ccc1Br)N1CCCCCCC1. The van der Waals surface area contributed by atoms with Gasteiger partial charge in [0.2, 0.25) is 0 Å². The van der Waals surface area contributed by atoms with Crippen molar-refractivity contribution in [1.82, 2.24) is 4.90 Å². The summed E-state index contributed by atoms with van der Waals surface area (Å²) < 4.78 is 2.00. The molecule has 0 unspecified atom stereocenters. The molecule has 1 aromatic carbocycles. The maximum atomic E-state index is 12.5. The molecule has 18 heavy (non-hydrogen) atoms. The average molecular weight is 422 g/mol. The van der Waals surface area contributed by atoms with E-state index in [0.717, 1.165) is 39.5 Å². The highest BCUT2D eigenvalue weighted by Gasteiger charge is 2.18. The van der Waals surface area contributed by atoms with E-state index in [-0.39, 0.29) is 5.91 Å². The van der Waals surface area contributed by atoms with Crippen molar-refractivity contribution in [2.75, 3.05) is 13.1 Å². The van der Waals surface area contributed by atoms with Gasteiger partial charge in [-0.05, 0) is 69.6 Å². The minimum atomic E-state index is 0.169. The van der Waals surface area contributed by atoms with E-state index in [4.69, 9.17) is 0 Å². The Bertz CT molecular complexity index is 428. The van der Waals surface area contributed by atoms with Gasteiger partial charge in [-0.2, -0.15) is 0 Å². The lowest BCUT2D eigenvalue weighted by Crippen LogP contribution is -2.34. The van der Waals surface area contributed by atoms with Crippen LogP contribution in [0.3, 0.4) is 0 Å². The van der Waals surface area contributed by atoms with Crippen LogP contribution in [0.25, 0.3) is 0 Å². The number of benzene rings is 1. The molecule has 0 atom stereocenters. The molecule has 98 valence electrons. The van der Waals surface area contributed by atoms with Crippen molar-refractivity contribution in [1.29, 1.82) is 0 Å². The number of likely N-dealkylation sites (tertiary alicyclic amines) is 1. The van der Waals surface area contributed by atoms with Gasteiger partial charge < -0.3 is 4.90 Å². The van der Waals surface area contributed by atoms with Gasteiger partial charge in [0.1, 0.15) is 0 Å². The first-order valence-electron chi connectivity index (χ1n) is 6.43. The Morgan fingerprint density at radius 3 is 2.39 bits per heavy atom. The van der Waals surface area contributed by atoms with Crippen LogP contribution in [0.1, 0.15) is 42.5 Å². The van der Waals surface area contributed by atoms with E-state index in [1.165, 1.54) is 19.3 Å². The van der Waals surface area contributed by atoms with Gasteiger partial charge in [-0.15, -0.1) is 0 Å². The predicted molar refractivity (Wildman–Crippen MR) is 85.8 cm³/mol. The fourth-order valence-electron chi connectivity index (χ4n) is 2.28. The number of amides is 1. The van der Waals surface area contributed by atoms with E-state index in [2.05, 4.69) is 38.5 Å². The fourth-order valence-corrected chi connectivity index (χ4v) is 3.19. The predicted octanol–water partition coefficient (Wildman–Crippen LogP) is 4.46. The van der Waals surface area contributed by atoms with Crippen LogP contribution in [0.5, 0.6) is 0 Å². The second-order valence-electron chi connectivity index (χ2n) is 4.68. The molecule has 0 bridgehead atoms. The van der Waals surface area contributed by atoms with Crippen LogP contribution in [0, 0.1) is 3.57 Å². The van der Waals surface area contributed by atoms with Crippen molar-refractivity contribution in [3.8, 4) is 0 Å². The Balaban J connectivity index is 2.15. The van der Waals surface area contributed by atoms with E-state index < -0.39 is 0 Å². The molecule has 0 N–H and O–H groups in total. The smallest absolute Gasteiger partial charge is 0.255 e. The maximum absolute atomic E-state index is 12.5. The lowest BCUT2D eigenvalue weighted by molar-refractivity contribution is 0.0741. The summed E-state index contributed by atoms with van der Waals surface area (Å²) >= 11 is 5.73. The standard InChI is InChI=1S/C14H17BrINO/c15-13-7-6-11(16)10-12(13)14(18)17-8-4-2-1-3-5-9-17/h6-7,10H,1-5,8-9H2. The van der Waals surface area contributed by atoms with Gasteiger partial charge in [-0.25, -0.2) is 0 Å². The number of rotatable bonds is 1. The largest absolute Gasteiger partial charge is 0.339 e. The van der Waals surface area contributed by atoms with Crippen LogP contribution in [-0.2, 0) is 0 Å². The Labute approximate surface area is 130 Å². The first kappa shape index (κ1) is 14.3. The van der Waals surface area contributed by atoms with E-state index >= 15 is 0 Å². The molecule has 2 rings (SSSR count). The van der Waals surface area contributed by atoms with Crippen LogP contribution >= 0.6 is 38.5 Å². The number of carbonyl (C=O) groups is 1. The molecular formula is C14H17BrINO. The van der Waals surface area contributed by atoms with E-state index in [1.807, 2.05) is 23.1 Å². The van der Waals surface area contributed by atoms with Gasteiger partial charge in [0.15, 0.2) is 0 Å². The Morgan fingerprint density at radius 2 is 1.72 bits per heavy atom. The van der Waals surface area contributed by atoms with Gasteiger partial charge >= 0.3 is 0 Å². The zero-order valence-corrected chi connectivity index (χ0v) is 14.0. The number of carbonyl (C=O) groups excluding carboxylic acids is 1. The van der Waals surface area contributed by atoms with E-state index in [0.29, 0.717) is 0 Å². The molecule has 0 aromatic heterocycles. The van der Waals surface area contributed by atoms with Crippen molar-refractivity contribution >= 4 is 44.4 Å². The van der Waals surface area contributed by atoms with Crippen molar-refractivity contribution in [3.05, 3.63) is 31.8 Å². The summed E-state index contributed by atoms with van der Waals surface area (Å²) in [5, 5.41) is 0. The van der Waals surface area contributed by atoms with Crippen LogP contribution in [0.15, 0.2) is 22.7 Å². The molecule has 1 aromatic rings. The van der Waals surface area contributed by atoms with Gasteiger partial charge in [0.05, 0.1) is 5.56 Å². The monoisotopic (exact) mass is 421 g/mol. The maximum Gasteiger partial charge on any atom is 0.255 e. The molecule has 1 saturated heterocycles. The quantitative estimate of drug-likeness (QED) is 0.613. The summed E-state index contributed by atoms with van der Waals surface area (Å²) in [5.74, 6) is 0.169.